The van der Waals surface area contributed by atoms with Crippen LogP contribution in [-0.4, -0.2) is 16.5 Å². The van der Waals surface area contributed by atoms with Gasteiger partial charge in [-0.2, -0.15) is 0 Å². The first-order valence-corrected chi connectivity index (χ1v) is 8.87. The summed E-state index contributed by atoms with van der Waals surface area (Å²) in [4.78, 5) is 10.2. The van der Waals surface area contributed by atoms with Crippen LogP contribution in [0.4, 0.5) is 5.95 Å². The minimum atomic E-state index is 0.700. The van der Waals surface area contributed by atoms with Crippen LogP contribution in [0.15, 0.2) is 40.7 Å². The number of hydrogen-bond acceptors (Lipinski definition) is 5. The highest BCUT2D eigenvalue weighted by molar-refractivity contribution is 7.98. The molecule has 3 aromatic rings. The van der Waals surface area contributed by atoms with Gasteiger partial charge in [0.1, 0.15) is 9.86 Å². The van der Waals surface area contributed by atoms with Crippen LogP contribution in [0.1, 0.15) is 12.5 Å². The highest BCUT2D eigenvalue weighted by Crippen LogP contribution is 2.31. The molecule has 0 saturated carbocycles. The first-order chi connectivity index (χ1) is 10.3. The molecule has 6 heteroatoms. The number of aromatic nitrogens is 2. The van der Waals surface area contributed by atoms with E-state index in [1.165, 1.54) is 5.56 Å². The Balaban J connectivity index is 1.84. The highest BCUT2D eigenvalue weighted by atomic mass is 35.5. The van der Waals surface area contributed by atoms with Gasteiger partial charge in [-0.05, 0) is 36.1 Å². The van der Waals surface area contributed by atoms with E-state index < -0.39 is 0 Å². The number of nitrogens with one attached hydrogen (secondary N) is 1. The second kappa shape index (κ2) is 6.64. The summed E-state index contributed by atoms with van der Waals surface area (Å²) >= 11 is 9.28. The van der Waals surface area contributed by atoms with Gasteiger partial charge in [0, 0.05) is 22.7 Å². The third-order valence-electron chi connectivity index (χ3n) is 2.91. The topological polar surface area (TPSA) is 37.8 Å². The third-order valence-corrected chi connectivity index (χ3v) is 5.03. The standard InChI is InChI=1S/C15H14ClN3S2/c1-2-17-15-18-13-12(7-8-20-13)14(19-15)21-9-10-3-5-11(16)6-4-10/h3-8H,2,9H2,1H3,(H,17,18,19). The maximum atomic E-state index is 5.91. The number of anilines is 1. The molecule has 0 bridgehead atoms. The Bertz CT molecular complexity index is 740. The Morgan fingerprint density at radius 2 is 2.00 bits per heavy atom. The van der Waals surface area contributed by atoms with Crippen LogP contribution >= 0.6 is 34.7 Å². The maximum absolute atomic E-state index is 5.91. The van der Waals surface area contributed by atoms with E-state index in [4.69, 9.17) is 11.6 Å². The van der Waals surface area contributed by atoms with Crippen molar-refractivity contribution >= 4 is 50.9 Å². The molecule has 3 nitrogen and oxygen atoms in total. The van der Waals surface area contributed by atoms with Crippen molar-refractivity contribution in [1.29, 1.82) is 0 Å². The van der Waals surface area contributed by atoms with Crippen molar-refractivity contribution in [3.05, 3.63) is 46.3 Å². The molecule has 1 N–H and O–H groups in total. The summed E-state index contributed by atoms with van der Waals surface area (Å²) in [6.45, 7) is 2.86. The van der Waals surface area contributed by atoms with Gasteiger partial charge in [-0.3, -0.25) is 0 Å². The lowest BCUT2D eigenvalue weighted by molar-refractivity contribution is 1.05. The summed E-state index contributed by atoms with van der Waals surface area (Å²) in [5.74, 6) is 1.57. The zero-order valence-electron chi connectivity index (χ0n) is 11.5. The van der Waals surface area contributed by atoms with Gasteiger partial charge in [0.15, 0.2) is 0 Å². The summed E-state index contributed by atoms with van der Waals surface area (Å²) < 4.78 is 0. The number of rotatable bonds is 5. The molecule has 21 heavy (non-hydrogen) atoms. The highest BCUT2D eigenvalue weighted by Gasteiger charge is 2.09. The van der Waals surface area contributed by atoms with Crippen LogP contribution in [-0.2, 0) is 5.75 Å². The minimum absolute atomic E-state index is 0.700. The van der Waals surface area contributed by atoms with Crippen molar-refractivity contribution < 1.29 is 0 Å². The lowest BCUT2D eigenvalue weighted by Gasteiger charge is -2.06. The van der Waals surface area contributed by atoms with E-state index in [-0.39, 0.29) is 0 Å². The Labute approximate surface area is 136 Å². The predicted octanol–water partition coefficient (Wildman–Crippen LogP) is 5.07. The number of thioether (sulfide) groups is 1. The van der Waals surface area contributed by atoms with Crippen molar-refractivity contribution in [1.82, 2.24) is 9.97 Å². The van der Waals surface area contributed by atoms with E-state index in [9.17, 15) is 0 Å². The van der Waals surface area contributed by atoms with Crippen LogP contribution in [0, 0.1) is 0 Å². The molecule has 0 aliphatic heterocycles. The molecule has 0 saturated heterocycles. The summed E-state index contributed by atoms with van der Waals surface area (Å²) in [6, 6.07) is 10.0. The van der Waals surface area contributed by atoms with E-state index in [0.29, 0.717) is 5.95 Å². The number of thiophene rings is 1. The monoisotopic (exact) mass is 335 g/mol. The number of halogens is 1. The molecule has 0 atom stereocenters. The fourth-order valence-electron chi connectivity index (χ4n) is 1.91. The van der Waals surface area contributed by atoms with E-state index in [1.54, 1.807) is 23.1 Å². The van der Waals surface area contributed by atoms with Gasteiger partial charge in [0.2, 0.25) is 5.95 Å². The minimum Gasteiger partial charge on any atom is -0.354 e. The van der Waals surface area contributed by atoms with E-state index >= 15 is 0 Å². The Kier molecular flexibility index (Phi) is 4.63. The second-order valence-corrected chi connectivity index (χ2v) is 6.73. The van der Waals surface area contributed by atoms with Gasteiger partial charge in [0.25, 0.3) is 0 Å². The predicted molar refractivity (Wildman–Crippen MR) is 92.6 cm³/mol. The number of hydrogen-bond donors (Lipinski definition) is 1. The number of fused-ring (bicyclic) bond motifs is 1. The average Bonchev–Trinajstić information content (AvgIpc) is 2.95. The quantitative estimate of drug-likeness (QED) is 0.522. The van der Waals surface area contributed by atoms with Gasteiger partial charge >= 0.3 is 0 Å². The summed E-state index contributed by atoms with van der Waals surface area (Å²) in [7, 11) is 0. The van der Waals surface area contributed by atoms with Gasteiger partial charge in [0.05, 0.1) is 0 Å². The molecule has 0 amide bonds. The van der Waals surface area contributed by atoms with Crippen molar-refractivity contribution in [2.45, 2.75) is 17.7 Å². The lowest BCUT2D eigenvalue weighted by Crippen LogP contribution is -2.02. The molecule has 0 aliphatic carbocycles. The second-order valence-electron chi connectivity index (χ2n) is 4.44. The van der Waals surface area contributed by atoms with Crippen LogP contribution in [0.25, 0.3) is 10.2 Å². The zero-order valence-corrected chi connectivity index (χ0v) is 13.9. The lowest BCUT2D eigenvalue weighted by atomic mass is 10.2. The average molecular weight is 336 g/mol. The first kappa shape index (κ1) is 14.6. The summed E-state index contributed by atoms with van der Waals surface area (Å²) in [6.07, 6.45) is 0. The van der Waals surface area contributed by atoms with Crippen molar-refractivity contribution in [2.24, 2.45) is 0 Å². The summed E-state index contributed by atoms with van der Waals surface area (Å²) in [5, 5.41) is 8.16. The molecule has 0 spiro atoms. The van der Waals surface area contributed by atoms with Crippen LogP contribution in [0.2, 0.25) is 5.02 Å². The molecule has 2 heterocycles. The van der Waals surface area contributed by atoms with Crippen molar-refractivity contribution in [3.8, 4) is 0 Å². The molecule has 0 fully saturated rings. The normalized spacial score (nSPS) is 11.0. The van der Waals surface area contributed by atoms with Crippen LogP contribution < -0.4 is 5.32 Å². The fraction of sp³-hybridized carbons (Fsp3) is 0.200. The molecule has 3 rings (SSSR count). The van der Waals surface area contributed by atoms with E-state index in [1.807, 2.05) is 31.2 Å². The van der Waals surface area contributed by atoms with Gasteiger partial charge in [-0.15, -0.1) is 23.1 Å². The Morgan fingerprint density at radius 1 is 1.19 bits per heavy atom. The maximum Gasteiger partial charge on any atom is 0.225 e. The molecular formula is C15H14ClN3S2. The van der Waals surface area contributed by atoms with Gasteiger partial charge in [-0.25, -0.2) is 9.97 Å². The van der Waals surface area contributed by atoms with E-state index in [0.717, 1.165) is 32.6 Å². The SMILES string of the molecule is CCNc1nc(SCc2ccc(Cl)cc2)c2ccsc2n1. The number of nitrogens with zero attached hydrogens (tertiary/aromatic N) is 2. The molecule has 0 aliphatic rings. The molecule has 108 valence electrons. The molecule has 2 aromatic heterocycles. The fourth-order valence-corrected chi connectivity index (χ4v) is 3.83. The van der Waals surface area contributed by atoms with Gasteiger partial charge < -0.3 is 5.32 Å². The van der Waals surface area contributed by atoms with Crippen LogP contribution in [0.3, 0.4) is 0 Å². The first-order valence-electron chi connectivity index (χ1n) is 6.62. The largest absolute Gasteiger partial charge is 0.354 e. The van der Waals surface area contributed by atoms with Crippen molar-refractivity contribution in [2.75, 3.05) is 11.9 Å². The summed E-state index contributed by atoms with van der Waals surface area (Å²) in [5.41, 5.74) is 1.23. The number of benzene rings is 1. The zero-order chi connectivity index (χ0) is 14.7. The molecule has 1 aromatic carbocycles. The Hall–Kier alpha value is -1.30. The van der Waals surface area contributed by atoms with Crippen LogP contribution in [0.5, 0.6) is 0 Å². The Morgan fingerprint density at radius 3 is 2.76 bits per heavy atom. The van der Waals surface area contributed by atoms with Crippen molar-refractivity contribution in [3.63, 3.8) is 0 Å². The third kappa shape index (κ3) is 3.48. The smallest absolute Gasteiger partial charge is 0.225 e. The van der Waals surface area contributed by atoms with E-state index in [2.05, 4.69) is 26.7 Å². The van der Waals surface area contributed by atoms with Gasteiger partial charge in [-0.1, -0.05) is 23.7 Å². The molecule has 0 radical (unpaired) electrons. The molecule has 0 unspecified atom stereocenters. The molecular weight excluding hydrogens is 322 g/mol.